The number of thioether (sulfide) groups is 1. The monoisotopic (exact) mass is 386 g/mol. The summed E-state index contributed by atoms with van der Waals surface area (Å²) in [6, 6.07) is 6.84. The first-order chi connectivity index (χ1) is 10.3. The van der Waals surface area contributed by atoms with Gasteiger partial charge in [-0.1, -0.05) is 22.0 Å². The highest BCUT2D eigenvalue weighted by atomic mass is 79.9. The smallest absolute Gasteiger partial charge is 0.411 e. The predicted octanol–water partition coefficient (Wildman–Crippen LogP) is 3.70. The minimum absolute atomic E-state index is 0.200. The summed E-state index contributed by atoms with van der Waals surface area (Å²) in [7, 11) is 0. The lowest BCUT2D eigenvalue weighted by atomic mass is 10.2. The van der Waals surface area contributed by atoms with Crippen molar-refractivity contribution in [2.45, 2.75) is 32.4 Å². The first kappa shape index (κ1) is 17.1. The van der Waals surface area contributed by atoms with Gasteiger partial charge >= 0.3 is 6.09 Å². The average Bonchev–Trinajstić information content (AvgIpc) is 2.85. The number of carbonyl (C=O) groups excluding carboxylic acids is 2. The lowest BCUT2D eigenvalue weighted by Gasteiger charge is -2.27. The van der Waals surface area contributed by atoms with E-state index < -0.39 is 17.7 Å². The lowest BCUT2D eigenvalue weighted by Crippen LogP contribution is -2.46. The number of carbonyl (C=O) groups is 2. The van der Waals surface area contributed by atoms with Crippen molar-refractivity contribution < 1.29 is 14.3 Å². The number of ether oxygens (including phenoxy) is 1. The van der Waals surface area contributed by atoms with Crippen LogP contribution in [0.5, 0.6) is 0 Å². The molecule has 0 radical (unpaired) electrons. The van der Waals surface area contributed by atoms with Crippen LogP contribution >= 0.6 is 27.7 Å². The van der Waals surface area contributed by atoms with Gasteiger partial charge in [0.1, 0.15) is 11.6 Å². The number of halogens is 1. The highest BCUT2D eigenvalue weighted by Gasteiger charge is 2.37. The standard InChI is InChI=1S/C15H19BrN2O3S/c1-15(2,3)21-14(20)18-9-22-8-12(18)13(19)17-11-6-4-5-10(16)7-11/h4-7,12H,8-9H2,1-3H3,(H,17,19). The molecule has 2 rings (SSSR count). The van der Waals surface area contributed by atoms with Crippen molar-refractivity contribution >= 4 is 45.4 Å². The SMILES string of the molecule is CC(C)(C)OC(=O)N1CSCC1C(=O)Nc1cccc(Br)c1. The van der Waals surface area contributed by atoms with Crippen LogP contribution in [0.3, 0.4) is 0 Å². The molecule has 0 bridgehead atoms. The van der Waals surface area contributed by atoms with Gasteiger partial charge in [0.25, 0.3) is 0 Å². The maximum atomic E-state index is 12.4. The summed E-state index contributed by atoms with van der Waals surface area (Å²) in [5.74, 6) is 0.832. The summed E-state index contributed by atoms with van der Waals surface area (Å²) < 4.78 is 6.24. The summed E-state index contributed by atoms with van der Waals surface area (Å²) in [4.78, 5) is 26.1. The van der Waals surface area contributed by atoms with Crippen molar-refractivity contribution in [3.05, 3.63) is 28.7 Å². The molecule has 1 unspecified atom stereocenters. The predicted molar refractivity (Wildman–Crippen MR) is 92.0 cm³/mol. The van der Waals surface area contributed by atoms with Crippen LogP contribution in [0.1, 0.15) is 20.8 Å². The molecular weight excluding hydrogens is 368 g/mol. The van der Waals surface area contributed by atoms with E-state index in [1.807, 2.05) is 45.0 Å². The van der Waals surface area contributed by atoms with E-state index in [-0.39, 0.29) is 5.91 Å². The molecule has 1 saturated heterocycles. The van der Waals surface area contributed by atoms with Gasteiger partial charge in [0, 0.05) is 15.9 Å². The van der Waals surface area contributed by atoms with Gasteiger partial charge in [0.15, 0.2) is 0 Å². The maximum Gasteiger partial charge on any atom is 0.411 e. The Morgan fingerprint density at radius 3 is 2.77 bits per heavy atom. The minimum atomic E-state index is -0.574. The van der Waals surface area contributed by atoms with Crippen molar-refractivity contribution in [2.24, 2.45) is 0 Å². The molecule has 1 aliphatic rings. The fraction of sp³-hybridized carbons (Fsp3) is 0.467. The van der Waals surface area contributed by atoms with Crippen LogP contribution < -0.4 is 5.32 Å². The Kier molecular flexibility index (Phi) is 5.39. The van der Waals surface area contributed by atoms with Gasteiger partial charge in [-0.05, 0) is 39.0 Å². The molecule has 1 fully saturated rings. The van der Waals surface area contributed by atoms with Crippen molar-refractivity contribution in [3.8, 4) is 0 Å². The molecule has 1 aromatic carbocycles. The molecule has 1 heterocycles. The van der Waals surface area contributed by atoms with E-state index in [2.05, 4.69) is 21.2 Å². The van der Waals surface area contributed by atoms with E-state index in [9.17, 15) is 9.59 Å². The first-order valence-electron chi connectivity index (χ1n) is 6.90. The fourth-order valence-electron chi connectivity index (χ4n) is 1.95. The molecule has 0 aromatic heterocycles. The third-order valence-corrected chi connectivity index (χ3v) is 4.41. The zero-order valence-electron chi connectivity index (χ0n) is 12.8. The van der Waals surface area contributed by atoms with Crippen LogP contribution in [0.2, 0.25) is 0 Å². The van der Waals surface area contributed by atoms with Crippen LogP contribution in [0, 0.1) is 0 Å². The van der Waals surface area contributed by atoms with Gasteiger partial charge in [0.2, 0.25) is 5.91 Å². The van der Waals surface area contributed by atoms with Crippen LogP contribution in [0.15, 0.2) is 28.7 Å². The first-order valence-corrected chi connectivity index (χ1v) is 8.85. The highest BCUT2D eigenvalue weighted by Crippen LogP contribution is 2.25. The zero-order valence-corrected chi connectivity index (χ0v) is 15.2. The van der Waals surface area contributed by atoms with E-state index in [0.717, 1.165) is 4.47 Å². The van der Waals surface area contributed by atoms with E-state index in [1.54, 1.807) is 11.8 Å². The molecule has 2 amide bonds. The number of nitrogens with one attached hydrogen (secondary N) is 1. The molecule has 5 nitrogen and oxygen atoms in total. The number of hydrogen-bond acceptors (Lipinski definition) is 4. The molecule has 0 spiro atoms. The molecule has 1 aliphatic heterocycles. The minimum Gasteiger partial charge on any atom is -0.444 e. The molecule has 7 heteroatoms. The highest BCUT2D eigenvalue weighted by molar-refractivity contribution is 9.10. The van der Waals surface area contributed by atoms with E-state index in [4.69, 9.17) is 4.74 Å². The summed E-state index contributed by atoms with van der Waals surface area (Å²) in [5.41, 5.74) is 0.121. The van der Waals surface area contributed by atoms with Crippen LogP contribution in [-0.2, 0) is 9.53 Å². The number of nitrogens with zero attached hydrogens (tertiary/aromatic N) is 1. The number of rotatable bonds is 2. The number of anilines is 1. The molecule has 1 N–H and O–H groups in total. The quantitative estimate of drug-likeness (QED) is 0.841. The fourth-order valence-corrected chi connectivity index (χ4v) is 3.49. The zero-order chi connectivity index (χ0) is 16.3. The average molecular weight is 387 g/mol. The lowest BCUT2D eigenvalue weighted by molar-refractivity contribution is -0.120. The molecule has 22 heavy (non-hydrogen) atoms. The Balaban J connectivity index is 2.03. The number of benzene rings is 1. The van der Waals surface area contributed by atoms with Crippen molar-refractivity contribution in [1.29, 1.82) is 0 Å². The van der Waals surface area contributed by atoms with Gasteiger partial charge in [-0.25, -0.2) is 4.79 Å². The molecular formula is C15H19BrN2O3S. The van der Waals surface area contributed by atoms with Gasteiger partial charge in [-0.3, -0.25) is 9.69 Å². The second kappa shape index (κ2) is 6.91. The third-order valence-electron chi connectivity index (χ3n) is 2.91. The summed E-state index contributed by atoms with van der Waals surface area (Å²) in [6.07, 6.45) is -0.452. The van der Waals surface area contributed by atoms with Crippen molar-refractivity contribution in [3.63, 3.8) is 0 Å². The van der Waals surface area contributed by atoms with Gasteiger partial charge in [0.05, 0.1) is 5.88 Å². The molecule has 0 saturated carbocycles. The summed E-state index contributed by atoms with van der Waals surface area (Å²) >= 11 is 4.91. The summed E-state index contributed by atoms with van der Waals surface area (Å²) in [5, 5.41) is 2.84. The van der Waals surface area contributed by atoms with E-state index in [0.29, 0.717) is 17.3 Å². The molecule has 0 aliphatic carbocycles. The second-order valence-corrected chi connectivity index (χ2v) is 7.88. The molecule has 1 aromatic rings. The topological polar surface area (TPSA) is 58.6 Å². The molecule has 1 atom stereocenters. The summed E-state index contributed by atoms with van der Waals surface area (Å²) in [6.45, 7) is 5.43. The Hall–Kier alpha value is -1.21. The Bertz CT molecular complexity index is 574. The van der Waals surface area contributed by atoms with Gasteiger partial charge in [-0.15, -0.1) is 11.8 Å². The van der Waals surface area contributed by atoms with E-state index in [1.165, 1.54) is 4.90 Å². The molecule has 120 valence electrons. The van der Waals surface area contributed by atoms with Crippen LogP contribution in [0.25, 0.3) is 0 Å². The maximum absolute atomic E-state index is 12.4. The largest absolute Gasteiger partial charge is 0.444 e. The normalized spacial score (nSPS) is 18.2. The van der Waals surface area contributed by atoms with Crippen LogP contribution in [0.4, 0.5) is 10.5 Å². The van der Waals surface area contributed by atoms with Gasteiger partial charge < -0.3 is 10.1 Å². The number of amides is 2. The third kappa shape index (κ3) is 4.64. The van der Waals surface area contributed by atoms with Crippen molar-refractivity contribution in [1.82, 2.24) is 4.90 Å². The Morgan fingerprint density at radius 1 is 1.41 bits per heavy atom. The second-order valence-electron chi connectivity index (χ2n) is 5.97. The Morgan fingerprint density at radius 2 is 2.14 bits per heavy atom. The Labute approximate surface area is 142 Å². The van der Waals surface area contributed by atoms with Crippen molar-refractivity contribution in [2.75, 3.05) is 16.9 Å². The van der Waals surface area contributed by atoms with E-state index >= 15 is 0 Å². The van der Waals surface area contributed by atoms with Crippen LogP contribution in [-0.4, -0.2) is 40.2 Å². The number of hydrogen-bond donors (Lipinski definition) is 1. The van der Waals surface area contributed by atoms with Gasteiger partial charge in [-0.2, -0.15) is 0 Å².